The van der Waals surface area contributed by atoms with Crippen LogP contribution in [0.2, 0.25) is 0 Å². The standard InChI is InChI=1S/C21H24N4O2S2/c1-12(19(26)23-11-13-7-9-14(27-2)10-8-13)28-21-24-18(22)17-15-5-3-4-6-16(15)29-20(17)25-21/h7-10,12H,3-6,11H2,1-2H3,(H,23,26)(H2,22,24,25). The molecule has 3 N–H and O–H groups in total. The number of amides is 1. The fraction of sp³-hybridized carbons (Fsp3) is 0.381. The Bertz CT molecular complexity index is 1030. The second kappa shape index (κ2) is 8.59. The Hall–Kier alpha value is -2.32. The van der Waals surface area contributed by atoms with Crippen LogP contribution in [0.25, 0.3) is 10.2 Å². The average molecular weight is 429 g/mol. The zero-order chi connectivity index (χ0) is 20.4. The molecular weight excluding hydrogens is 404 g/mol. The molecule has 0 spiro atoms. The van der Waals surface area contributed by atoms with Gasteiger partial charge in [-0.2, -0.15) is 0 Å². The SMILES string of the molecule is COc1ccc(CNC(=O)C(C)Sc2nc(N)c3c4c(sc3n2)CCCC4)cc1. The number of nitrogens with one attached hydrogen (secondary N) is 1. The Labute approximate surface area is 178 Å². The van der Waals surface area contributed by atoms with Gasteiger partial charge in [0.05, 0.1) is 17.7 Å². The third kappa shape index (κ3) is 4.33. The van der Waals surface area contributed by atoms with Gasteiger partial charge in [0.25, 0.3) is 0 Å². The summed E-state index contributed by atoms with van der Waals surface area (Å²) in [6.45, 7) is 2.32. The lowest BCUT2D eigenvalue weighted by Crippen LogP contribution is -2.30. The van der Waals surface area contributed by atoms with Crippen molar-refractivity contribution in [2.75, 3.05) is 12.8 Å². The number of aromatic nitrogens is 2. The van der Waals surface area contributed by atoms with Gasteiger partial charge in [-0.25, -0.2) is 9.97 Å². The second-order valence-corrected chi connectivity index (χ2v) is 9.50. The highest BCUT2D eigenvalue weighted by molar-refractivity contribution is 8.00. The maximum Gasteiger partial charge on any atom is 0.233 e. The number of ether oxygens (including phenoxy) is 1. The zero-order valence-corrected chi connectivity index (χ0v) is 18.2. The topological polar surface area (TPSA) is 90.1 Å². The smallest absolute Gasteiger partial charge is 0.233 e. The van der Waals surface area contributed by atoms with Crippen molar-refractivity contribution in [2.24, 2.45) is 0 Å². The Morgan fingerprint density at radius 1 is 1.28 bits per heavy atom. The van der Waals surface area contributed by atoms with Gasteiger partial charge >= 0.3 is 0 Å². The van der Waals surface area contributed by atoms with E-state index in [-0.39, 0.29) is 11.2 Å². The number of aryl methyl sites for hydroxylation is 2. The molecule has 3 aromatic rings. The summed E-state index contributed by atoms with van der Waals surface area (Å²) in [7, 11) is 1.63. The van der Waals surface area contributed by atoms with Crippen LogP contribution in [0.15, 0.2) is 29.4 Å². The number of carbonyl (C=O) groups excluding carboxylic acids is 1. The molecule has 0 bridgehead atoms. The molecule has 2 heterocycles. The van der Waals surface area contributed by atoms with Gasteiger partial charge in [-0.05, 0) is 55.9 Å². The number of nitrogens with zero attached hydrogens (tertiary/aromatic N) is 2. The van der Waals surface area contributed by atoms with Gasteiger partial charge in [0, 0.05) is 11.4 Å². The number of nitrogen functional groups attached to an aromatic ring is 1. The summed E-state index contributed by atoms with van der Waals surface area (Å²) in [4.78, 5) is 24.0. The Morgan fingerprint density at radius 2 is 2.03 bits per heavy atom. The molecule has 2 aromatic heterocycles. The van der Waals surface area contributed by atoms with E-state index in [4.69, 9.17) is 15.5 Å². The fourth-order valence-corrected chi connectivity index (χ4v) is 5.63. The fourth-order valence-electron chi connectivity index (χ4n) is 3.51. The molecule has 29 heavy (non-hydrogen) atoms. The van der Waals surface area contributed by atoms with E-state index in [0.717, 1.165) is 34.4 Å². The van der Waals surface area contributed by atoms with Gasteiger partial charge < -0.3 is 15.8 Å². The predicted molar refractivity (Wildman–Crippen MR) is 119 cm³/mol. The number of hydrogen-bond donors (Lipinski definition) is 2. The predicted octanol–water partition coefficient (Wildman–Crippen LogP) is 3.96. The highest BCUT2D eigenvalue weighted by Gasteiger charge is 2.22. The number of hydrogen-bond acceptors (Lipinski definition) is 7. The summed E-state index contributed by atoms with van der Waals surface area (Å²) >= 11 is 3.06. The third-order valence-corrected chi connectivity index (χ3v) is 7.25. The molecule has 0 aliphatic heterocycles. The normalized spacial score (nSPS) is 14.4. The highest BCUT2D eigenvalue weighted by atomic mass is 32.2. The van der Waals surface area contributed by atoms with E-state index in [0.29, 0.717) is 17.5 Å². The Balaban J connectivity index is 1.42. The van der Waals surface area contributed by atoms with E-state index >= 15 is 0 Å². The molecule has 152 valence electrons. The monoisotopic (exact) mass is 428 g/mol. The summed E-state index contributed by atoms with van der Waals surface area (Å²) in [5.74, 6) is 1.27. The van der Waals surface area contributed by atoms with Crippen molar-refractivity contribution in [2.45, 2.75) is 49.6 Å². The van der Waals surface area contributed by atoms with Gasteiger partial charge in [-0.3, -0.25) is 4.79 Å². The van der Waals surface area contributed by atoms with Crippen molar-refractivity contribution < 1.29 is 9.53 Å². The van der Waals surface area contributed by atoms with Crippen LogP contribution >= 0.6 is 23.1 Å². The minimum atomic E-state index is -0.320. The molecule has 0 saturated heterocycles. The maximum absolute atomic E-state index is 12.5. The number of benzene rings is 1. The van der Waals surface area contributed by atoms with Crippen LogP contribution in [0.4, 0.5) is 5.82 Å². The number of thioether (sulfide) groups is 1. The van der Waals surface area contributed by atoms with E-state index in [1.807, 2.05) is 31.2 Å². The van der Waals surface area contributed by atoms with Crippen molar-refractivity contribution in [3.63, 3.8) is 0 Å². The third-order valence-electron chi connectivity index (χ3n) is 5.10. The first kappa shape index (κ1) is 20.0. The van der Waals surface area contributed by atoms with Crippen molar-refractivity contribution in [3.05, 3.63) is 40.3 Å². The lowest BCUT2D eigenvalue weighted by molar-refractivity contribution is -0.120. The molecule has 1 aromatic carbocycles. The van der Waals surface area contributed by atoms with Crippen LogP contribution in [0.5, 0.6) is 5.75 Å². The number of carbonyl (C=O) groups is 1. The molecule has 1 aliphatic rings. The van der Waals surface area contributed by atoms with Crippen molar-refractivity contribution >= 4 is 45.0 Å². The first-order valence-corrected chi connectivity index (χ1v) is 11.4. The summed E-state index contributed by atoms with van der Waals surface area (Å²) in [6.07, 6.45) is 4.57. The minimum Gasteiger partial charge on any atom is -0.497 e. The van der Waals surface area contributed by atoms with Gasteiger partial charge in [0.15, 0.2) is 5.16 Å². The first-order valence-electron chi connectivity index (χ1n) is 9.70. The lowest BCUT2D eigenvalue weighted by atomic mass is 9.97. The van der Waals surface area contributed by atoms with E-state index in [1.54, 1.807) is 18.4 Å². The molecule has 1 atom stereocenters. The number of fused-ring (bicyclic) bond motifs is 3. The molecule has 8 heteroatoms. The number of methoxy groups -OCH3 is 1. The maximum atomic E-state index is 12.5. The lowest BCUT2D eigenvalue weighted by Gasteiger charge is -2.12. The molecule has 0 saturated carbocycles. The van der Waals surface area contributed by atoms with Gasteiger partial charge in [-0.15, -0.1) is 11.3 Å². The van der Waals surface area contributed by atoms with Gasteiger partial charge in [0.1, 0.15) is 16.4 Å². The number of thiophene rings is 1. The summed E-state index contributed by atoms with van der Waals surface area (Å²) in [5, 5.41) is 4.22. The van der Waals surface area contributed by atoms with Gasteiger partial charge in [-0.1, -0.05) is 23.9 Å². The molecule has 0 radical (unpaired) electrons. The van der Waals surface area contributed by atoms with E-state index in [2.05, 4.69) is 10.3 Å². The van der Waals surface area contributed by atoms with Crippen LogP contribution in [0, 0.1) is 0 Å². The Kier molecular flexibility index (Phi) is 5.91. The van der Waals surface area contributed by atoms with Crippen LogP contribution in [-0.4, -0.2) is 28.2 Å². The number of rotatable bonds is 6. The van der Waals surface area contributed by atoms with E-state index in [1.165, 1.54) is 35.0 Å². The van der Waals surface area contributed by atoms with Crippen LogP contribution in [0.3, 0.4) is 0 Å². The van der Waals surface area contributed by atoms with Crippen molar-refractivity contribution in [1.29, 1.82) is 0 Å². The summed E-state index contributed by atoms with van der Waals surface area (Å²) in [6, 6.07) is 7.64. The molecule has 1 unspecified atom stereocenters. The number of nitrogens with two attached hydrogens (primary N) is 1. The Morgan fingerprint density at radius 3 is 2.79 bits per heavy atom. The minimum absolute atomic E-state index is 0.0569. The summed E-state index contributed by atoms with van der Waals surface area (Å²) in [5.41, 5.74) is 8.61. The summed E-state index contributed by atoms with van der Waals surface area (Å²) < 4.78 is 5.15. The first-order chi connectivity index (χ1) is 14.0. The average Bonchev–Trinajstić information content (AvgIpc) is 3.11. The number of anilines is 1. The van der Waals surface area contributed by atoms with E-state index < -0.39 is 0 Å². The largest absolute Gasteiger partial charge is 0.497 e. The van der Waals surface area contributed by atoms with Crippen LogP contribution in [0.1, 0.15) is 35.8 Å². The van der Waals surface area contributed by atoms with Crippen molar-refractivity contribution in [3.8, 4) is 5.75 Å². The van der Waals surface area contributed by atoms with Gasteiger partial charge in [0.2, 0.25) is 5.91 Å². The van der Waals surface area contributed by atoms with Crippen LogP contribution in [-0.2, 0) is 24.2 Å². The molecular formula is C21H24N4O2S2. The van der Waals surface area contributed by atoms with Crippen LogP contribution < -0.4 is 15.8 Å². The molecule has 1 amide bonds. The molecule has 6 nitrogen and oxygen atoms in total. The zero-order valence-electron chi connectivity index (χ0n) is 16.5. The molecule has 1 aliphatic carbocycles. The highest BCUT2D eigenvalue weighted by Crippen LogP contribution is 2.38. The second-order valence-electron chi connectivity index (χ2n) is 7.11. The van der Waals surface area contributed by atoms with E-state index in [9.17, 15) is 4.79 Å². The molecule has 4 rings (SSSR count). The quantitative estimate of drug-likeness (QED) is 0.456. The molecule has 0 fully saturated rings. The van der Waals surface area contributed by atoms with Crippen molar-refractivity contribution in [1.82, 2.24) is 15.3 Å².